The summed E-state index contributed by atoms with van der Waals surface area (Å²) in [6.45, 7) is 4.96. The molecule has 0 saturated carbocycles. The number of nitrogens with two attached hydrogens (primary N) is 1. The van der Waals surface area contributed by atoms with Crippen molar-refractivity contribution in [3.8, 4) is 0 Å². The summed E-state index contributed by atoms with van der Waals surface area (Å²) >= 11 is 0. The second-order valence-electron chi connectivity index (χ2n) is 2.91. The first-order chi connectivity index (χ1) is 6.45. The average Bonchev–Trinajstić information content (AvgIpc) is 2.11. The van der Waals surface area contributed by atoms with Crippen molar-refractivity contribution in [2.75, 3.05) is 11.5 Å². The van der Waals surface area contributed by atoms with Gasteiger partial charge in [0, 0.05) is 11.5 Å². The zero-order chi connectivity index (χ0) is 11.1. The van der Waals surface area contributed by atoms with Crippen molar-refractivity contribution in [1.82, 2.24) is 0 Å². The second kappa shape index (κ2) is 7.03. The number of hydrogen-bond donors (Lipinski definition) is 3. The van der Waals surface area contributed by atoms with E-state index in [-0.39, 0.29) is 11.7 Å². The van der Waals surface area contributed by atoms with Crippen molar-refractivity contribution < 1.29 is 15.0 Å². The van der Waals surface area contributed by atoms with E-state index in [1.54, 1.807) is 6.92 Å². The zero-order valence-electron chi connectivity index (χ0n) is 7.97. The molecule has 6 heteroatoms. The lowest BCUT2D eigenvalue weighted by Crippen LogP contribution is -2.24. The fourth-order valence-corrected chi connectivity index (χ4v) is 2.95. The molecule has 0 radical (unpaired) electrons. The third kappa shape index (κ3) is 6.17. The molecule has 0 aliphatic rings. The molecule has 0 spiro atoms. The number of carboxylic acids is 1. The SMILES string of the molecule is C=C(O)[C@@H](N)CSSC[C@H](C)C(=O)O. The summed E-state index contributed by atoms with van der Waals surface area (Å²) < 4.78 is 0. The third-order valence-electron chi connectivity index (χ3n) is 1.50. The van der Waals surface area contributed by atoms with Gasteiger partial charge in [0.05, 0.1) is 12.0 Å². The van der Waals surface area contributed by atoms with Crippen LogP contribution in [0.25, 0.3) is 0 Å². The van der Waals surface area contributed by atoms with Gasteiger partial charge in [0.15, 0.2) is 0 Å². The first-order valence-electron chi connectivity index (χ1n) is 4.05. The van der Waals surface area contributed by atoms with E-state index in [2.05, 4.69) is 6.58 Å². The van der Waals surface area contributed by atoms with E-state index in [9.17, 15) is 4.79 Å². The summed E-state index contributed by atoms with van der Waals surface area (Å²) in [5, 5.41) is 17.5. The van der Waals surface area contributed by atoms with Crippen LogP contribution in [0.5, 0.6) is 0 Å². The van der Waals surface area contributed by atoms with Crippen LogP contribution >= 0.6 is 21.6 Å². The van der Waals surface area contributed by atoms with Gasteiger partial charge in [-0.1, -0.05) is 35.1 Å². The van der Waals surface area contributed by atoms with Gasteiger partial charge < -0.3 is 15.9 Å². The van der Waals surface area contributed by atoms with Gasteiger partial charge in [0.25, 0.3) is 0 Å². The van der Waals surface area contributed by atoms with Crippen molar-refractivity contribution in [2.24, 2.45) is 11.7 Å². The largest absolute Gasteiger partial charge is 0.511 e. The number of aliphatic carboxylic acids is 1. The molecule has 0 aromatic rings. The maximum Gasteiger partial charge on any atom is 0.307 e. The molecule has 0 amide bonds. The van der Waals surface area contributed by atoms with E-state index in [1.165, 1.54) is 21.6 Å². The van der Waals surface area contributed by atoms with E-state index in [4.69, 9.17) is 15.9 Å². The third-order valence-corrected chi connectivity index (χ3v) is 4.11. The Hall–Kier alpha value is -0.330. The monoisotopic (exact) mass is 237 g/mol. The molecule has 4 N–H and O–H groups in total. The van der Waals surface area contributed by atoms with Gasteiger partial charge in [-0.2, -0.15) is 0 Å². The molecule has 0 aliphatic heterocycles. The van der Waals surface area contributed by atoms with Gasteiger partial charge in [0.2, 0.25) is 0 Å². The van der Waals surface area contributed by atoms with E-state index >= 15 is 0 Å². The Morgan fingerprint density at radius 3 is 2.36 bits per heavy atom. The molecule has 4 nitrogen and oxygen atoms in total. The van der Waals surface area contributed by atoms with Gasteiger partial charge in [-0.25, -0.2) is 0 Å². The molecule has 0 aliphatic carbocycles. The van der Waals surface area contributed by atoms with Gasteiger partial charge >= 0.3 is 5.97 Å². The van der Waals surface area contributed by atoms with Crippen molar-refractivity contribution in [1.29, 1.82) is 0 Å². The summed E-state index contributed by atoms with van der Waals surface area (Å²) in [6.07, 6.45) is 0. The lowest BCUT2D eigenvalue weighted by Gasteiger charge is -2.09. The van der Waals surface area contributed by atoms with E-state index in [0.29, 0.717) is 11.5 Å². The smallest absolute Gasteiger partial charge is 0.307 e. The molecule has 82 valence electrons. The van der Waals surface area contributed by atoms with Crippen LogP contribution in [0.4, 0.5) is 0 Å². The molecule has 0 aromatic carbocycles. The Bertz CT molecular complexity index is 189. The molecule has 2 atom stereocenters. The zero-order valence-corrected chi connectivity index (χ0v) is 9.61. The van der Waals surface area contributed by atoms with Crippen LogP contribution in [0, 0.1) is 5.92 Å². The molecular weight excluding hydrogens is 222 g/mol. The number of carbonyl (C=O) groups is 1. The Morgan fingerprint density at radius 2 is 1.93 bits per heavy atom. The topological polar surface area (TPSA) is 83.5 Å². The van der Waals surface area contributed by atoms with Crippen LogP contribution in [0.3, 0.4) is 0 Å². The van der Waals surface area contributed by atoms with E-state index < -0.39 is 12.0 Å². The molecule has 0 aromatic heterocycles. The maximum absolute atomic E-state index is 10.4. The minimum Gasteiger partial charge on any atom is -0.511 e. The average molecular weight is 237 g/mol. The van der Waals surface area contributed by atoms with Gasteiger partial charge in [-0.15, -0.1) is 0 Å². The molecular formula is C8H15NO3S2. The molecule has 0 saturated heterocycles. The van der Waals surface area contributed by atoms with Gasteiger partial charge in [-0.05, 0) is 0 Å². The molecule has 0 bridgehead atoms. The number of rotatable bonds is 7. The molecule has 0 rings (SSSR count). The number of hydrogen-bond acceptors (Lipinski definition) is 5. The molecule has 14 heavy (non-hydrogen) atoms. The van der Waals surface area contributed by atoms with Gasteiger partial charge in [-0.3, -0.25) is 4.79 Å². The summed E-state index contributed by atoms with van der Waals surface area (Å²) in [5.41, 5.74) is 5.49. The van der Waals surface area contributed by atoms with Crippen LogP contribution < -0.4 is 5.73 Å². The summed E-state index contributed by atoms with van der Waals surface area (Å²) in [6, 6.07) is -0.437. The highest BCUT2D eigenvalue weighted by molar-refractivity contribution is 8.76. The standard InChI is InChI=1S/C8H15NO3S2/c1-5(8(11)12)3-13-14-4-7(9)6(2)10/h5,7,10H,2-4,9H2,1H3,(H,11,12)/t5-,7-/m0/s1. The Kier molecular flexibility index (Phi) is 6.86. The fraction of sp³-hybridized carbons (Fsp3) is 0.625. The van der Waals surface area contributed by atoms with Crippen molar-refractivity contribution in [2.45, 2.75) is 13.0 Å². The van der Waals surface area contributed by atoms with Crippen molar-refractivity contribution in [3.63, 3.8) is 0 Å². The highest BCUT2D eigenvalue weighted by Gasteiger charge is 2.11. The molecule has 0 heterocycles. The van der Waals surface area contributed by atoms with Crippen LogP contribution in [-0.2, 0) is 4.79 Å². The van der Waals surface area contributed by atoms with Crippen LogP contribution in [-0.4, -0.2) is 33.7 Å². The van der Waals surface area contributed by atoms with Crippen LogP contribution in [0.1, 0.15) is 6.92 Å². The summed E-state index contributed by atoms with van der Waals surface area (Å²) in [4.78, 5) is 10.4. The van der Waals surface area contributed by atoms with Crippen LogP contribution in [0.15, 0.2) is 12.3 Å². The Balaban J connectivity index is 3.47. The maximum atomic E-state index is 10.4. The van der Waals surface area contributed by atoms with Crippen LogP contribution in [0.2, 0.25) is 0 Å². The van der Waals surface area contributed by atoms with E-state index in [1.807, 2.05) is 0 Å². The first-order valence-corrected chi connectivity index (χ1v) is 6.54. The Morgan fingerprint density at radius 1 is 1.43 bits per heavy atom. The quantitative estimate of drug-likeness (QED) is 0.353. The lowest BCUT2D eigenvalue weighted by molar-refractivity contribution is -0.140. The van der Waals surface area contributed by atoms with E-state index in [0.717, 1.165) is 0 Å². The number of carboxylic acid groups (broad SMARTS) is 1. The number of aliphatic hydroxyl groups is 1. The fourth-order valence-electron chi connectivity index (χ4n) is 0.439. The van der Waals surface area contributed by atoms with Gasteiger partial charge in [0.1, 0.15) is 5.76 Å². The Labute approximate surface area is 91.3 Å². The normalized spacial score (nSPS) is 14.7. The number of aliphatic hydroxyl groups excluding tert-OH is 1. The predicted octanol–water partition coefficient (Wildman–Crippen LogP) is 1.49. The summed E-state index contributed by atoms with van der Waals surface area (Å²) in [5.74, 6) is -0.129. The van der Waals surface area contributed by atoms with Crippen molar-refractivity contribution >= 4 is 27.6 Å². The molecule has 0 fully saturated rings. The minimum absolute atomic E-state index is 0.0376. The minimum atomic E-state index is -0.797. The lowest BCUT2D eigenvalue weighted by atomic mass is 10.2. The molecule has 0 unspecified atom stereocenters. The highest BCUT2D eigenvalue weighted by atomic mass is 33.1. The highest BCUT2D eigenvalue weighted by Crippen LogP contribution is 2.25. The second-order valence-corrected chi connectivity index (χ2v) is 5.46. The predicted molar refractivity (Wildman–Crippen MR) is 61.5 cm³/mol. The first kappa shape index (κ1) is 13.7. The van der Waals surface area contributed by atoms with Crippen molar-refractivity contribution in [3.05, 3.63) is 12.3 Å². The summed E-state index contributed by atoms with van der Waals surface area (Å²) in [7, 11) is 2.88.